The van der Waals surface area contributed by atoms with Crippen LogP contribution in [0.5, 0.6) is 0 Å². The summed E-state index contributed by atoms with van der Waals surface area (Å²) in [6.07, 6.45) is 8.69. The van der Waals surface area contributed by atoms with Crippen molar-refractivity contribution in [3.63, 3.8) is 0 Å². The maximum atomic E-state index is 11.7. The number of carbonyl (C=O) groups excluding carboxylic acids is 1. The van der Waals surface area contributed by atoms with Crippen LogP contribution in [-0.2, 0) is 16.0 Å². The summed E-state index contributed by atoms with van der Waals surface area (Å²) in [5, 5.41) is 13.2. The summed E-state index contributed by atoms with van der Waals surface area (Å²) in [4.78, 5) is 22.7. The zero-order valence-electron chi connectivity index (χ0n) is 15.8. The summed E-state index contributed by atoms with van der Waals surface area (Å²) in [6.45, 7) is 2.06. The van der Waals surface area contributed by atoms with Crippen molar-refractivity contribution in [2.75, 3.05) is 0 Å². The van der Waals surface area contributed by atoms with E-state index in [1.54, 1.807) is 12.1 Å². The van der Waals surface area contributed by atoms with Gasteiger partial charge in [0.15, 0.2) is 0 Å². The van der Waals surface area contributed by atoms with Crippen molar-refractivity contribution in [1.29, 1.82) is 0 Å². The third kappa shape index (κ3) is 4.95. The molecule has 0 aromatic heterocycles. The fourth-order valence-corrected chi connectivity index (χ4v) is 4.13. The molecule has 2 aliphatic heterocycles. The van der Waals surface area contributed by atoms with Crippen LogP contribution in [0.3, 0.4) is 0 Å². The number of nitrogens with one attached hydrogen (secondary N) is 1. The normalized spacial score (nSPS) is 26.6. The first-order chi connectivity index (χ1) is 13.1. The van der Waals surface area contributed by atoms with Crippen LogP contribution in [0, 0.1) is 11.8 Å². The molecule has 2 N–H and O–H groups in total. The molecule has 146 valence electrons. The van der Waals surface area contributed by atoms with E-state index < -0.39 is 5.97 Å². The fourth-order valence-electron chi connectivity index (χ4n) is 4.13. The Hall–Kier alpha value is -2.21. The Balaban J connectivity index is 1.55. The molecule has 27 heavy (non-hydrogen) atoms. The van der Waals surface area contributed by atoms with Crippen molar-refractivity contribution in [3.8, 4) is 0 Å². The van der Waals surface area contributed by atoms with E-state index in [9.17, 15) is 9.59 Å². The number of hydrogen-bond acceptors (Lipinski definition) is 4. The van der Waals surface area contributed by atoms with Gasteiger partial charge in [-0.3, -0.25) is 4.79 Å². The highest BCUT2D eigenvalue weighted by Gasteiger charge is 2.47. The van der Waals surface area contributed by atoms with E-state index >= 15 is 0 Å². The SMILES string of the molecule is CCCCC(=O)NN=C[C@@H]1[C@@H](CCc2ccc(C(=O)O)cc2)[C@H]2CC[C@@H]1O2. The quantitative estimate of drug-likeness (QED) is 0.514. The molecule has 1 aromatic carbocycles. The van der Waals surface area contributed by atoms with E-state index in [4.69, 9.17) is 9.84 Å². The number of carbonyl (C=O) groups is 2. The molecule has 4 atom stereocenters. The molecule has 6 heteroatoms. The molecule has 0 saturated carbocycles. The van der Waals surface area contributed by atoms with Gasteiger partial charge in [-0.1, -0.05) is 25.5 Å². The van der Waals surface area contributed by atoms with E-state index in [-0.39, 0.29) is 24.0 Å². The standard InChI is InChI=1S/C21H28N2O4/c1-2-3-4-20(24)23-22-13-17-16(18-11-12-19(17)27-18)10-7-14-5-8-15(9-6-14)21(25)26/h5-6,8-9,13,16-19H,2-4,7,10-12H2,1H3,(H,23,24)(H,25,26)/t16-,17-,18-,19+/m1/s1. The molecule has 0 radical (unpaired) electrons. The lowest BCUT2D eigenvalue weighted by molar-refractivity contribution is -0.121. The average Bonchev–Trinajstić information content (AvgIpc) is 3.27. The van der Waals surface area contributed by atoms with Gasteiger partial charge in [-0.2, -0.15) is 5.10 Å². The number of amides is 1. The number of hydrogen-bond donors (Lipinski definition) is 2. The lowest BCUT2D eigenvalue weighted by Gasteiger charge is -2.25. The minimum Gasteiger partial charge on any atom is -0.478 e. The van der Waals surface area contributed by atoms with E-state index in [0.29, 0.717) is 17.9 Å². The van der Waals surface area contributed by atoms with E-state index in [1.165, 1.54) is 0 Å². The van der Waals surface area contributed by atoms with E-state index in [2.05, 4.69) is 17.5 Å². The smallest absolute Gasteiger partial charge is 0.335 e. The third-order valence-corrected chi connectivity index (χ3v) is 5.65. The summed E-state index contributed by atoms with van der Waals surface area (Å²) < 4.78 is 6.08. The van der Waals surface area contributed by atoms with Gasteiger partial charge >= 0.3 is 5.97 Å². The number of fused-ring (bicyclic) bond motifs is 2. The summed E-state index contributed by atoms with van der Waals surface area (Å²) in [6, 6.07) is 7.07. The van der Waals surface area contributed by atoms with Crippen LogP contribution in [0.4, 0.5) is 0 Å². The summed E-state index contributed by atoms with van der Waals surface area (Å²) in [5.41, 5.74) is 4.08. The van der Waals surface area contributed by atoms with Gasteiger partial charge in [0, 0.05) is 18.6 Å². The molecular formula is C21H28N2O4. The molecule has 2 fully saturated rings. The second-order valence-electron chi connectivity index (χ2n) is 7.49. The van der Waals surface area contributed by atoms with Crippen LogP contribution in [0.1, 0.15) is 61.4 Å². The molecule has 3 rings (SSSR count). The first kappa shape index (κ1) is 19.5. The number of ether oxygens (including phenoxy) is 1. The first-order valence-corrected chi connectivity index (χ1v) is 9.88. The van der Waals surface area contributed by atoms with E-state index in [0.717, 1.165) is 44.1 Å². The van der Waals surface area contributed by atoms with Gasteiger partial charge in [0.2, 0.25) is 5.91 Å². The zero-order valence-corrected chi connectivity index (χ0v) is 15.8. The molecule has 2 aliphatic rings. The Morgan fingerprint density at radius 1 is 1.26 bits per heavy atom. The van der Waals surface area contributed by atoms with Crippen molar-refractivity contribution in [1.82, 2.24) is 5.43 Å². The van der Waals surface area contributed by atoms with Gasteiger partial charge in [0.25, 0.3) is 0 Å². The van der Waals surface area contributed by atoms with Gasteiger partial charge in [0.05, 0.1) is 17.8 Å². The third-order valence-electron chi connectivity index (χ3n) is 5.65. The summed E-state index contributed by atoms with van der Waals surface area (Å²) in [7, 11) is 0. The predicted molar refractivity (Wildman–Crippen MR) is 103 cm³/mol. The van der Waals surface area contributed by atoms with Gasteiger partial charge in [-0.15, -0.1) is 0 Å². The molecule has 6 nitrogen and oxygen atoms in total. The monoisotopic (exact) mass is 372 g/mol. The number of rotatable bonds is 9. The number of hydrazone groups is 1. The highest BCUT2D eigenvalue weighted by Crippen LogP contribution is 2.44. The number of carboxylic acids is 1. The fraction of sp³-hybridized carbons (Fsp3) is 0.571. The number of benzene rings is 1. The van der Waals surface area contributed by atoms with Crippen LogP contribution in [0.15, 0.2) is 29.4 Å². The minimum atomic E-state index is -0.902. The molecule has 2 saturated heterocycles. The molecule has 1 amide bonds. The van der Waals surface area contributed by atoms with Gasteiger partial charge in [-0.25, -0.2) is 10.2 Å². The van der Waals surface area contributed by atoms with Crippen molar-refractivity contribution >= 4 is 18.1 Å². The van der Waals surface area contributed by atoms with Crippen LogP contribution in [0.2, 0.25) is 0 Å². The zero-order chi connectivity index (χ0) is 19.2. The maximum absolute atomic E-state index is 11.7. The van der Waals surface area contributed by atoms with Crippen LogP contribution < -0.4 is 5.43 Å². The van der Waals surface area contributed by atoms with E-state index in [1.807, 2.05) is 18.3 Å². The van der Waals surface area contributed by atoms with Gasteiger partial charge in [0.1, 0.15) is 0 Å². The Morgan fingerprint density at radius 2 is 2.00 bits per heavy atom. The van der Waals surface area contributed by atoms with Crippen molar-refractivity contribution in [3.05, 3.63) is 35.4 Å². The Labute approximate surface area is 160 Å². The largest absolute Gasteiger partial charge is 0.478 e. The highest BCUT2D eigenvalue weighted by atomic mass is 16.5. The molecular weight excluding hydrogens is 344 g/mol. The van der Waals surface area contributed by atoms with Crippen LogP contribution >= 0.6 is 0 Å². The molecule has 0 unspecified atom stereocenters. The Morgan fingerprint density at radius 3 is 2.70 bits per heavy atom. The van der Waals surface area contributed by atoms with Gasteiger partial charge < -0.3 is 9.84 Å². The lowest BCUT2D eigenvalue weighted by Crippen LogP contribution is -2.30. The van der Waals surface area contributed by atoms with Crippen LogP contribution in [0.25, 0.3) is 0 Å². The maximum Gasteiger partial charge on any atom is 0.335 e. The number of aryl methyl sites for hydroxylation is 1. The Kier molecular flexibility index (Phi) is 6.61. The molecule has 0 aliphatic carbocycles. The van der Waals surface area contributed by atoms with Crippen LogP contribution in [-0.4, -0.2) is 35.4 Å². The minimum absolute atomic E-state index is 0.0350. The second kappa shape index (κ2) is 9.13. The number of nitrogens with zero attached hydrogens (tertiary/aromatic N) is 1. The van der Waals surface area contributed by atoms with Crippen molar-refractivity contribution in [2.24, 2.45) is 16.9 Å². The number of unbranched alkanes of at least 4 members (excludes halogenated alkanes) is 1. The first-order valence-electron chi connectivity index (χ1n) is 9.88. The molecule has 1 aromatic rings. The summed E-state index contributed by atoms with van der Waals surface area (Å²) >= 11 is 0. The topological polar surface area (TPSA) is 88.0 Å². The molecule has 2 heterocycles. The number of carboxylic acid groups (broad SMARTS) is 1. The summed E-state index contributed by atoms with van der Waals surface area (Å²) in [5.74, 6) is -0.319. The van der Waals surface area contributed by atoms with Crippen molar-refractivity contribution < 1.29 is 19.4 Å². The highest BCUT2D eigenvalue weighted by molar-refractivity contribution is 5.87. The molecule has 0 spiro atoms. The molecule has 2 bridgehead atoms. The van der Waals surface area contributed by atoms with Gasteiger partial charge in [-0.05, 0) is 55.7 Å². The predicted octanol–water partition coefficient (Wildman–Crippen LogP) is 3.40. The van der Waals surface area contributed by atoms with Crippen molar-refractivity contribution in [2.45, 2.75) is 64.1 Å². The average molecular weight is 372 g/mol. The number of aromatic carboxylic acids is 1. The Bertz CT molecular complexity index is 686. The lowest BCUT2D eigenvalue weighted by atomic mass is 9.77. The second-order valence-corrected chi connectivity index (χ2v) is 7.49.